The Labute approximate surface area is 165 Å². The maximum absolute atomic E-state index is 5.41. The topological polar surface area (TPSA) is 81.2 Å². The number of anilines is 3. The monoisotopic (exact) mass is 379 g/mol. The number of ether oxygens (including phenoxy) is 2. The zero-order valence-corrected chi connectivity index (χ0v) is 16.4. The number of methoxy groups -OCH3 is 2. The van der Waals surface area contributed by atoms with Gasteiger partial charge in [0.25, 0.3) is 0 Å². The Morgan fingerprint density at radius 2 is 1.68 bits per heavy atom. The van der Waals surface area contributed by atoms with Crippen molar-refractivity contribution >= 4 is 17.6 Å². The van der Waals surface area contributed by atoms with Gasteiger partial charge in [-0.15, -0.1) is 0 Å². The molecule has 0 atom stereocenters. The number of aryl methyl sites for hydroxylation is 2. The average molecular weight is 379 g/mol. The highest BCUT2D eigenvalue weighted by atomic mass is 16.5. The van der Waals surface area contributed by atoms with Crippen LogP contribution in [0.1, 0.15) is 17.8 Å². The van der Waals surface area contributed by atoms with Gasteiger partial charge in [-0.2, -0.15) is 15.0 Å². The van der Waals surface area contributed by atoms with Gasteiger partial charge in [0.2, 0.25) is 11.9 Å². The minimum absolute atomic E-state index is 0.460. The van der Waals surface area contributed by atoms with Crippen molar-refractivity contribution in [3.8, 4) is 11.5 Å². The molecule has 7 heteroatoms. The van der Waals surface area contributed by atoms with Crippen LogP contribution in [-0.2, 0) is 6.42 Å². The second kappa shape index (κ2) is 9.55. The molecule has 1 heterocycles. The van der Waals surface area contributed by atoms with Crippen LogP contribution in [-0.4, -0.2) is 35.7 Å². The van der Waals surface area contributed by atoms with Crippen molar-refractivity contribution in [2.45, 2.75) is 19.8 Å². The Morgan fingerprint density at radius 3 is 2.43 bits per heavy atom. The highest BCUT2D eigenvalue weighted by Gasteiger charge is 2.09. The first-order chi connectivity index (χ1) is 13.7. The maximum atomic E-state index is 5.41. The number of hydrogen-bond acceptors (Lipinski definition) is 7. The van der Waals surface area contributed by atoms with Crippen molar-refractivity contribution in [3.05, 3.63) is 59.9 Å². The van der Waals surface area contributed by atoms with E-state index < -0.39 is 0 Å². The van der Waals surface area contributed by atoms with Crippen LogP contribution in [0.15, 0.2) is 48.5 Å². The molecule has 0 amide bonds. The molecule has 3 rings (SSSR count). The first-order valence-electron chi connectivity index (χ1n) is 9.17. The quantitative estimate of drug-likeness (QED) is 0.544. The summed E-state index contributed by atoms with van der Waals surface area (Å²) in [7, 11) is 3.23. The number of rotatable bonds is 9. The van der Waals surface area contributed by atoms with E-state index in [1.54, 1.807) is 20.3 Å². The number of benzene rings is 2. The molecule has 0 fully saturated rings. The average Bonchev–Trinajstić information content (AvgIpc) is 2.72. The molecule has 0 saturated heterocycles. The largest absolute Gasteiger partial charge is 0.497 e. The highest BCUT2D eigenvalue weighted by molar-refractivity contribution is 5.64. The molecule has 0 bridgehead atoms. The van der Waals surface area contributed by atoms with Crippen LogP contribution in [0.4, 0.5) is 17.6 Å². The van der Waals surface area contributed by atoms with E-state index in [9.17, 15) is 0 Å². The Balaban J connectivity index is 1.63. The Morgan fingerprint density at radius 1 is 0.893 bits per heavy atom. The Kier molecular flexibility index (Phi) is 6.62. The summed E-state index contributed by atoms with van der Waals surface area (Å²) < 4.78 is 10.6. The summed E-state index contributed by atoms with van der Waals surface area (Å²) in [5, 5.41) is 6.46. The molecular weight excluding hydrogens is 354 g/mol. The van der Waals surface area contributed by atoms with E-state index >= 15 is 0 Å². The van der Waals surface area contributed by atoms with Crippen molar-refractivity contribution < 1.29 is 9.47 Å². The summed E-state index contributed by atoms with van der Waals surface area (Å²) in [6.07, 6.45) is 2.00. The third-order valence-corrected chi connectivity index (χ3v) is 4.17. The number of hydrogen-bond donors (Lipinski definition) is 2. The van der Waals surface area contributed by atoms with Gasteiger partial charge in [0, 0.05) is 12.6 Å². The molecule has 2 N–H and O–H groups in total. The lowest BCUT2D eigenvalue weighted by Crippen LogP contribution is -2.10. The summed E-state index contributed by atoms with van der Waals surface area (Å²) in [6, 6.07) is 15.9. The van der Waals surface area contributed by atoms with Gasteiger partial charge in [-0.1, -0.05) is 30.3 Å². The molecule has 0 saturated carbocycles. The summed E-state index contributed by atoms with van der Waals surface area (Å²) in [6.45, 7) is 2.62. The molecule has 28 heavy (non-hydrogen) atoms. The normalized spacial score (nSPS) is 10.4. The fourth-order valence-electron chi connectivity index (χ4n) is 2.78. The van der Waals surface area contributed by atoms with Crippen LogP contribution in [0, 0.1) is 6.92 Å². The van der Waals surface area contributed by atoms with Crippen molar-refractivity contribution in [2.75, 3.05) is 31.4 Å². The molecule has 0 aliphatic carbocycles. The highest BCUT2D eigenvalue weighted by Crippen LogP contribution is 2.30. The van der Waals surface area contributed by atoms with E-state index in [2.05, 4.69) is 49.9 Å². The summed E-state index contributed by atoms with van der Waals surface area (Å²) in [4.78, 5) is 13.2. The first kappa shape index (κ1) is 19.4. The van der Waals surface area contributed by atoms with E-state index in [4.69, 9.17) is 9.47 Å². The van der Waals surface area contributed by atoms with Gasteiger partial charge in [0.1, 0.15) is 17.3 Å². The fourth-order valence-corrected chi connectivity index (χ4v) is 2.78. The van der Waals surface area contributed by atoms with Gasteiger partial charge < -0.3 is 20.1 Å². The predicted octanol–water partition coefficient (Wildman–Crippen LogP) is 3.99. The first-order valence-corrected chi connectivity index (χ1v) is 9.17. The molecule has 0 spiro atoms. The summed E-state index contributed by atoms with van der Waals surface area (Å²) in [5.41, 5.74) is 2.08. The van der Waals surface area contributed by atoms with E-state index in [0.717, 1.165) is 30.8 Å². The minimum Gasteiger partial charge on any atom is -0.497 e. The summed E-state index contributed by atoms with van der Waals surface area (Å²) in [5.74, 6) is 3.01. The second-order valence-corrected chi connectivity index (χ2v) is 6.24. The van der Waals surface area contributed by atoms with Gasteiger partial charge >= 0.3 is 0 Å². The van der Waals surface area contributed by atoms with Gasteiger partial charge in [0.15, 0.2) is 0 Å². The zero-order valence-electron chi connectivity index (χ0n) is 16.4. The molecule has 0 aliphatic heterocycles. The predicted molar refractivity (Wildman–Crippen MR) is 111 cm³/mol. The Hall–Kier alpha value is -3.35. The van der Waals surface area contributed by atoms with Crippen molar-refractivity contribution in [2.24, 2.45) is 0 Å². The third kappa shape index (κ3) is 5.33. The van der Waals surface area contributed by atoms with Crippen LogP contribution in [0.5, 0.6) is 11.5 Å². The lowest BCUT2D eigenvalue weighted by atomic mass is 10.1. The summed E-state index contributed by atoms with van der Waals surface area (Å²) >= 11 is 0. The lowest BCUT2D eigenvalue weighted by molar-refractivity contribution is 0.395. The van der Waals surface area contributed by atoms with Crippen LogP contribution < -0.4 is 20.1 Å². The molecule has 146 valence electrons. The van der Waals surface area contributed by atoms with E-state index in [0.29, 0.717) is 23.5 Å². The van der Waals surface area contributed by atoms with E-state index in [-0.39, 0.29) is 0 Å². The third-order valence-electron chi connectivity index (χ3n) is 4.17. The molecule has 7 nitrogen and oxygen atoms in total. The van der Waals surface area contributed by atoms with Crippen LogP contribution in [0.25, 0.3) is 0 Å². The molecule has 3 aromatic rings. The molecule has 1 aromatic heterocycles. The number of nitrogens with one attached hydrogen (secondary N) is 2. The van der Waals surface area contributed by atoms with E-state index in [1.807, 2.05) is 25.1 Å². The van der Waals surface area contributed by atoms with Gasteiger partial charge in [-0.25, -0.2) is 0 Å². The van der Waals surface area contributed by atoms with Crippen molar-refractivity contribution in [1.29, 1.82) is 0 Å². The standard InChI is InChI=1S/C21H25N5O2/c1-15-23-20(22-13-7-10-16-8-5-4-6-9-16)26-21(24-15)25-18-12-11-17(27-2)14-19(18)28-3/h4-6,8-9,11-12,14H,7,10,13H2,1-3H3,(H2,22,23,24,25,26). The van der Waals surface area contributed by atoms with E-state index in [1.165, 1.54) is 5.56 Å². The molecule has 0 radical (unpaired) electrons. The van der Waals surface area contributed by atoms with Gasteiger partial charge in [-0.3, -0.25) is 0 Å². The van der Waals surface area contributed by atoms with Crippen LogP contribution >= 0.6 is 0 Å². The van der Waals surface area contributed by atoms with Crippen LogP contribution in [0.3, 0.4) is 0 Å². The molecule has 2 aromatic carbocycles. The smallest absolute Gasteiger partial charge is 0.232 e. The fraction of sp³-hybridized carbons (Fsp3) is 0.286. The zero-order chi connectivity index (χ0) is 19.8. The minimum atomic E-state index is 0.460. The van der Waals surface area contributed by atoms with Gasteiger partial charge in [0.05, 0.1) is 19.9 Å². The van der Waals surface area contributed by atoms with Crippen molar-refractivity contribution in [1.82, 2.24) is 15.0 Å². The lowest BCUT2D eigenvalue weighted by Gasteiger charge is -2.12. The second-order valence-electron chi connectivity index (χ2n) is 6.24. The van der Waals surface area contributed by atoms with Gasteiger partial charge in [-0.05, 0) is 37.5 Å². The van der Waals surface area contributed by atoms with Crippen LogP contribution in [0.2, 0.25) is 0 Å². The Bertz CT molecular complexity index is 903. The number of nitrogens with zero attached hydrogens (tertiary/aromatic N) is 3. The number of aromatic nitrogens is 3. The molecule has 0 aliphatic rings. The SMILES string of the molecule is COc1ccc(Nc2nc(C)nc(NCCCc3ccccc3)n2)c(OC)c1. The molecule has 0 unspecified atom stereocenters. The maximum Gasteiger partial charge on any atom is 0.232 e. The van der Waals surface area contributed by atoms with Crippen molar-refractivity contribution in [3.63, 3.8) is 0 Å². The molecular formula is C21H25N5O2.